The minimum absolute atomic E-state index is 0.195. The van der Waals surface area contributed by atoms with Crippen molar-refractivity contribution in [1.82, 2.24) is 0 Å². The number of halogens is 1. The topological polar surface area (TPSA) is 35.2 Å². The van der Waals surface area contributed by atoms with E-state index in [2.05, 4.69) is 0 Å². The Labute approximate surface area is 119 Å². The van der Waals surface area contributed by atoms with Crippen LogP contribution >= 0.6 is 0 Å². The van der Waals surface area contributed by atoms with Gasteiger partial charge in [-0.25, -0.2) is 4.39 Å². The zero-order valence-corrected chi connectivity index (χ0v) is 11.9. The minimum atomic E-state index is -0.489. The summed E-state index contributed by atoms with van der Waals surface area (Å²) in [6.07, 6.45) is 1.19. The Morgan fingerprint density at radius 1 is 1.05 bits per heavy atom. The quantitative estimate of drug-likeness (QED) is 0.907. The molecule has 3 heteroatoms. The van der Waals surface area contributed by atoms with E-state index in [4.69, 9.17) is 10.5 Å². The highest BCUT2D eigenvalue weighted by molar-refractivity contribution is 5.29. The molecule has 0 aliphatic heterocycles. The Balaban J connectivity index is 2.08. The van der Waals surface area contributed by atoms with Crippen LogP contribution in [0.5, 0.6) is 5.75 Å². The van der Waals surface area contributed by atoms with Crippen molar-refractivity contribution in [1.29, 1.82) is 0 Å². The zero-order valence-electron chi connectivity index (χ0n) is 11.9. The van der Waals surface area contributed by atoms with Crippen molar-refractivity contribution in [2.75, 3.05) is 7.11 Å². The van der Waals surface area contributed by atoms with Gasteiger partial charge in [-0.05, 0) is 49.1 Å². The molecule has 1 atom stereocenters. The second-order valence-corrected chi connectivity index (χ2v) is 5.45. The van der Waals surface area contributed by atoms with Gasteiger partial charge in [0.05, 0.1) is 7.11 Å². The molecular weight excluding hydrogens is 253 g/mol. The van der Waals surface area contributed by atoms with Crippen LogP contribution < -0.4 is 10.5 Å². The summed E-state index contributed by atoms with van der Waals surface area (Å²) in [7, 11) is 1.64. The van der Waals surface area contributed by atoms with Crippen LogP contribution in [0, 0.1) is 5.82 Å². The lowest BCUT2D eigenvalue weighted by Crippen LogP contribution is -2.41. The monoisotopic (exact) mass is 273 g/mol. The van der Waals surface area contributed by atoms with Gasteiger partial charge in [-0.1, -0.05) is 30.3 Å². The van der Waals surface area contributed by atoms with E-state index in [9.17, 15) is 4.39 Å². The largest absolute Gasteiger partial charge is 0.497 e. The molecule has 0 spiro atoms. The van der Waals surface area contributed by atoms with Crippen molar-refractivity contribution in [2.24, 2.45) is 5.73 Å². The van der Waals surface area contributed by atoms with Gasteiger partial charge < -0.3 is 10.5 Å². The van der Waals surface area contributed by atoms with Crippen LogP contribution in [0.15, 0.2) is 48.5 Å². The minimum Gasteiger partial charge on any atom is -0.497 e. The second kappa shape index (κ2) is 6.06. The van der Waals surface area contributed by atoms with Crippen molar-refractivity contribution in [2.45, 2.75) is 25.3 Å². The average molecular weight is 273 g/mol. The lowest BCUT2D eigenvalue weighted by molar-refractivity contribution is 0.414. The SMILES string of the molecule is COc1ccc(CC(C)(N)Cc2ccccc2F)cc1. The number of methoxy groups -OCH3 is 1. The molecule has 0 bridgehead atoms. The summed E-state index contributed by atoms with van der Waals surface area (Å²) in [4.78, 5) is 0. The van der Waals surface area contributed by atoms with Gasteiger partial charge in [0.2, 0.25) is 0 Å². The van der Waals surface area contributed by atoms with E-state index < -0.39 is 5.54 Å². The molecule has 0 saturated carbocycles. The van der Waals surface area contributed by atoms with Crippen LogP contribution in [0.1, 0.15) is 18.1 Å². The van der Waals surface area contributed by atoms with E-state index in [0.29, 0.717) is 18.4 Å². The number of rotatable bonds is 5. The van der Waals surface area contributed by atoms with Crippen molar-refractivity contribution in [3.05, 3.63) is 65.5 Å². The molecule has 106 valence electrons. The summed E-state index contributed by atoms with van der Waals surface area (Å²) in [5.74, 6) is 0.625. The third kappa shape index (κ3) is 3.81. The Hall–Kier alpha value is -1.87. The average Bonchev–Trinajstić information content (AvgIpc) is 2.41. The normalized spacial score (nSPS) is 13.8. The lowest BCUT2D eigenvalue weighted by Gasteiger charge is -2.25. The highest BCUT2D eigenvalue weighted by Crippen LogP contribution is 2.20. The van der Waals surface area contributed by atoms with Crippen LogP contribution in [-0.2, 0) is 12.8 Å². The third-order valence-electron chi connectivity index (χ3n) is 3.32. The van der Waals surface area contributed by atoms with Gasteiger partial charge in [-0.15, -0.1) is 0 Å². The molecule has 0 amide bonds. The van der Waals surface area contributed by atoms with Gasteiger partial charge in [0.15, 0.2) is 0 Å². The lowest BCUT2D eigenvalue weighted by atomic mass is 9.87. The Bertz CT molecular complexity index is 563. The van der Waals surface area contributed by atoms with Gasteiger partial charge in [0.25, 0.3) is 0 Å². The number of hydrogen-bond acceptors (Lipinski definition) is 2. The summed E-state index contributed by atoms with van der Waals surface area (Å²) < 4.78 is 18.8. The maximum atomic E-state index is 13.7. The smallest absolute Gasteiger partial charge is 0.126 e. The van der Waals surface area contributed by atoms with Gasteiger partial charge >= 0.3 is 0 Å². The Morgan fingerprint density at radius 2 is 1.70 bits per heavy atom. The molecule has 0 radical (unpaired) electrons. The van der Waals surface area contributed by atoms with Crippen LogP contribution in [0.2, 0.25) is 0 Å². The fourth-order valence-corrected chi connectivity index (χ4v) is 2.35. The summed E-state index contributed by atoms with van der Waals surface area (Å²) in [5, 5.41) is 0. The Morgan fingerprint density at radius 3 is 2.30 bits per heavy atom. The molecule has 2 aromatic carbocycles. The molecule has 0 heterocycles. The summed E-state index contributed by atoms with van der Waals surface area (Å²) in [6.45, 7) is 1.95. The predicted molar refractivity (Wildman–Crippen MR) is 79.4 cm³/mol. The van der Waals surface area contributed by atoms with E-state index in [1.807, 2.05) is 37.3 Å². The first-order valence-electron chi connectivity index (χ1n) is 6.65. The molecule has 2 N–H and O–H groups in total. The van der Waals surface area contributed by atoms with E-state index in [1.54, 1.807) is 19.2 Å². The molecule has 2 aromatic rings. The molecule has 0 aromatic heterocycles. The van der Waals surface area contributed by atoms with Crippen LogP contribution in [-0.4, -0.2) is 12.6 Å². The van der Waals surface area contributed by atoms with Gasteiger partial charge in [-0.2, -0.15) is 0 Å². The molecule has 2 nitrogen and oxygen atoms in total. The number of benzene rings is 2. The first kappa shape index (κ1) is 14.5. The van der Waals surface area contributed by atoms with Crippen molar-refractivity contribution in [3.8, 4) is 5.75 Å². The summed E-state index contributed by atoms with van der Waals surface area (Å²) in [5.41, 5.74) is 7.61. The predicted octanol–water partition coefficient (Wildman–Crippen LogP) is 3.34. The maximum absolute atomic E-state index is 13.7. The first-order valence-corrected chi connectivity index (χ1v) is 6.65. The molecule has 2 rings (SSSR count). The van der Waals surface area contributed by atoms with Crippen molar-refractivity contribution in [3.63, 3.8) is 0 Å². The Kier molecular flexibility index (Phi) is 4.40. The van der Waals surface area contributed by atoms with Gasteiger partial charge in [0.1, 0.15) is 11.6 Å². The van der Waals surface area contributed by atoms with E-state index in [1.165, 1.54) is 6.07 Å². The van der Waals surface area contributed by atoms with E-state index >= 15 is 0 Å². The number of nitrogens with two attached hydrogens (primary N) is 1. The highest BCUT2D eigenvalue weighted by atomic mass is 19.1. The van der Waals surface area contributed by atoms with Crippen LogP contribution in [0.4, 0.5) is 4.39 Å². The molecule has 0 aliphatic rings. The first-order chi connectivity index (χ1) is 9.50. The molecular formula is C17H20FNO. The fourth-order valence-electron chi connectivity index (χ4n) is 2.35. The molecule has 0 aliphatic carbocycles. The van der Waals surface area contributed by atoms with Crippen molar-refractivity contribution < 1.29 is 9.13 Å². The van der Waals surface area contributed by atoms with E-state index in [0.717, 1.165) is 11.3 Å². The standard InChI is InChI=1S/C17H20FNO/c1-17(19,12-14-5-3-4-6-16(14)18)11-13-7-9-15(20-2)10-8-13/h3-10H,11-12,19H2,1-2H3. The van der Waals surface area contributed by atoms with Gasteiger partial charge in [0, 0.05) is 5.54 Å². The number of ether oxygens (including phenoxy) is 1. The highest BCUT2D eigenvalue weighted by Gasteiger charge is 2.21. The number of hydrogen-bond donors (Lipinski definition) is 1. The van der Waals surface area contributed by atoms with Crippen molar-refractivity contribution >= 4 is 0 Å². The summed E-state index contributed by atoms with van der Waals surface area (Å²) in [6, 6.07) is 14.6. The van der Waals surface area contributed by atoms with Gasteiger partial charge in [-0.3, -0.25) is 0 Å². The maximum Gasteiger partial charge on any atom is 0.126 e. The third-order valence-corrected chi connectivity index (χ3v) is 3.32. The second-order valence-electron chi connectivity index (χ2n) is 5.45. The van der Waals surface area contributed by atoms with E-state index in [-0.39, 0.29) is 5.82 Å². The molecule has 0 saturated heterocycles. The zero-order chi connectivity index (χ0) is 14.6. The van der Waals surface area contributed by atoms with Crippen LogP contribution in [0.3, 0.4) is 0 Å². The fraction of sp³-hybridized carbons (Fsp3) is 0.294. The molecule has 20 heavy (non-hydrogen) atoms. The molecule has 0 fully saturated rings. The van der Waals surface area contributed by atoms with Crippen LogP contribution in [0.25, 0.3) is 0 Å². The summed E-state index contributed by atoms with van der Waals surface area (Å²) >= 11 is 0. The molecule has 1 unspecified atom stereocenters.